The molecule has 3 nitrogen and oxygen atoms in total. The molecule has 1 heterocycles. The summed E-state index contributed by atoms with van der Waals surface area (Å²) >= 11 is 0. The molecule has 0 aliphatic heterocycles. The summed E-state index contributed by atoms with van der Waals surface area (Å²) in [5.74, 6) is 1.89. The molecule has 0 saturated heterocycles. The highest BCUT2D eigenvalue weighted by Crippen LogP contribution is 2.39. The van der Waals surface area contributed by atoms with Gasteiger partial charge in [0.2, 0.25) is 0 Å². The molecule has 0 amide bonds. The van der Waals surface area contributed by atoms with E-state index >= 15 is 0 Å². The van der Waals surface area contributed by atoms with Gasteiger partial charge in [0.25, 0.3) is 0 Å². The van der Waals surface area contributed by atoms with Crippen molar-refractivity contribution in [2.45, 2.75) is 51.6 Å². The van der Waals surface area contributed by atoms with E-state index < -0.39 is 6.10 Å². The molecule has 3 heteroatoms. The molecule has 1 aliphatic carbocycles. The number of methoxy groups -OCH3 is 1. The number of aliphatic hydroxyl groups is 1. The molecule has 1 fully saturated rings. The van der Waals surface area contributed by atoms with Crippen LogP contribution in [-0.2, 0) is 0 Å². The van der Waals surface area contributed by atoms with Crippen LogP contribution in [0.2, 0.25) is 0 Å². The molecule has 0 spiro atoms. The van der Waals surface area contributed by atoms with Crippen molar-refractivity contribution in [3.63, 3.8) is 0 Å². The van der Waals surface area contributed by atoms with E-state index in [-0.39, 0.29) is 0 Å². The minimum absolute atomic E-state index is 0.330. The lowest BCUT2D eigenvalue weighted by Gasteiger charge is -2.31. The van der Waals surface area contributed by atoms with Crippen molar-refractivity contribution in [3.05, 3.63) is 24.0 Å². The van der Waals surface area contributed by atoms with Crippen LogP contribution in [-0.4, -0.2) is 17.2 Å². The number of hydrogen-bond acceptors (Lipinski definition) is 3. The molecule has 1 aromatic rings. The number of ether oxygens (including phenoxy) is 1. The Bertz CT molecular complexity index is 386. The molecular formula is C16H25NO2. The topological polar surface area (TPSA) is 42.4 Å². The van der Waals surface area contributed by atoms with E-state index in [4.69, 9.17) is 4.74 Å². The van der Waals surface area contributed by atoms with Crippen molar-refractivity contribution in [3.8, 4) is 5.75 Å². The summed E-state index contributed by atoms with van der Waals surface area (Å²) in [5.41, 5.74) is 0.698. The normalized spacial score (nSPS) is 25.0. The molecule has 1 atom stereocenters. The average Bonchev–Trinajstić information content (AvgIpc) is 2.47. The summed E-state index contributed by atoms with van der Waals surface area (Å²) in [6.45, 7) is 2.25. The van der Waals surface area contributed by atoms with E-state index in [0.717, 1.165) is 18.8 Å². The van der Waals surface area contributed by atoms with Gasteiger partial charge in [-0.3, -0.25) is 4.98 Å². The molecule has 1 aliphatic rings. The second-order valence-corrected chi connectivity index (χ2v) is 5.61. The van der Waals surface area contributed by atoms with Crippen molar-refractivity contribution in [2.75, 3.05) is 7.11 Å². The Hall–Kier alpha value is -1.09. The van der Waals surface area contributed by atoms with E-state index in [1.807, 2.05) is 12.1 Å². The van der Waals surface area contributed by atoms with Gasteiger partial charge in [0, 0.05) is 6.20 Å². The maximum absolute atomic E-state index is 10.5. The van der Waals surface area contributed by atoms with Gasteiger partial charge in [-0.2, -0.15) is 0 Å². The third-order valence-electron chi connectivity index (χ3n) is 4.33. The maximum atomic E-state index is 10.5. The first kappa shape index (κ1) is 14.3. The Morgan fingerprint density at radius 2 is 2.11 bits per heavy atom. The van der Waals surface area contributed by atoms with E-state index in [1.54, 1.807) is 13.3 Å². The summed E-state index contributed by atoms with van der Waals surface area (Å²) in [7, 11) is 1.63. The van der Waals surface area contributed by atoms with Crippen LogP contribution in [0.15, 0.2) is 18.3 Å². The van der Waals surface area contributed by atoms with Crippen molar-refractivity contribution in [1.29, 1.82) is 0 Å². The molecule has 1 N–H and O–H groups in total. The van der Waals surface area contributed by atoms with Gasteiger partial charge in [0.15, 0.2) is 0 Å². The molecule has 1 saturated carbocycles. The van der Waals surface area contributed by atoms with Crippen molar-refractivity contribution in [1.82, 2.24) is 4.98 Å². The molecular weight excluding hydrogens is 238 g/mol. The third kappa shape index (κ3) is 3.47. The predicted octanol–water partition coefficient (Wildman–Crippen LogP) is 3.73. The quantitative estimate of drug-likeness (QED) is 0.880. The van der Waals surface area contributed by atoms with Gasteiger partial charge in [0.1, 0.15) is 17.5 Å². The Morgan fingerprint density at radius 3 is 2.74 bits per heavy atom. The molecule has 0 bridgehead atoms. The van der Waals surface area contributed by atoms with Gasteiger partial charge in [-0.1, -0.05) is 32.6 Å². The SMILES string of the molecule is CCCC1CCC(C(O)c2ncccc2OC)CC1. The fraction of sp³-hybridized carbons (Fsp3) is 0.688. The molecule has 0 radical (unpaired) electrons. The fourth-order valence-corrected chi connectivity index (χ4v) is 3.22. The zero-order chi connectivity index (χ0) is 13.7. The summed E-state index contributed by atoms with van der Waals surface area (Å²) < 4.78 is 5.29. The molecule has 1 aromatic heterocycles. The van der Waals surface area contributed by atoms with E-state index in [9.17, 15) is 5.11 Å². The van der Waals surface area contributed by atoms with Crippen LogP contribution in [0.25, 0.3) is 0 Å². The zero-order valence-corrected chi connectivity index (χ0v) is 12.0. The van der Waals surface area contributed by atoms with E-state index in [0.29, 0.717) is 17.4 Å². The minimum Gasteiger partial charge on any atom is -0.495 e. The largest absolute Gasteiger partial charge is 0.495 e. The third-order valence-corrected chi connectivity index (χ3v) is 4.33. The maximum Gasteiger partial charge on any atom is 0.143 e. The van der Waals surface area contributed by atoms with Crippen LogP contribution in [0.1, 0.15) is 57.2 Å². The predicted molar refractivity (Wildman–Crippen MR) is 76.1 cm³/mol. The Morgan fingerprint density at radius 1 is 1.37 bits per heavy atom. The first-order valence-corrected chi connectivity index (χ1v) is 7.43. The molecule has 1 unspecified atom stereocenters. The first-order chi connectivity index (χ1) is 9.26. The summed E-state index contributed by atoms with van der Waals surface area (Å²) in [6.07, 6.45) is 8.52. The van der Waals surface area contributed by atoms with Crippen LogP contribution in [0.3, 0.4) is 0 Å². The standard InChI is InChI=1S/C16H25NO2/c1-3-5-12-7-9-13(10-8-12)16(18)15-14(19-2)6-4-11-17-15/h4,6,11-13,16,18H,3,5,7-10H2,1-2H3. The van der Waals surface area contributed by atoms with Crippen molar-refractivity contribution >= 4 is 0 Å². The highest BCUT2D eigenvalue weighted by molar-refractivity contribution is 5.28. The van der Waals surface area contributed by atoms with Crippen LogP contribution in [0.4, 0.5) is 0 Å². The van der Waals surface area contributed by atoms with Gasteiger partial charge in [-0.25, -0.2) is 0 Å². The van der Waals surface area contributed by atoms with Gasteiger partial charge in [0.05, 0.1) is 7.11 Å². The number of aliphatic hydroxyl groups excluding tert-OH is 1. The Labute approximate surface area is 116 Å². The fourth-order valence-electron chi connectivity index (χ4n) is 3.22. The molecule has 0 aromatic carbocycles. The van der Waals surface area contributed by atoms with Crippen LogP contribution in [0, 0.1) is 11.8 Å². The number of pyridine rings is 1. The highest BCUT2D eigenvalue weighted by atomic mass is 16.5. The molecule has 2 rings (SSSR count). The second-order valence-electron chi connectivity index (χ2n) is 5.61. The van der Waals surface area contributed by atoms with Crippen LogP contribution >= 0.6 is 0 Å². The average molecular weight is 263 g/mol. The van der Waals surface area contributed by atoms with Crippen molar-refractivity contribution < 1.29 is 9.84 Å². The smallest absolute Gasteiger partial charge is 0.143 e. The van der Waals surface area contributed by atoms with E-state index in [1.165, 1.54) is 25.7 Å². The number of hydrogen-bond donors (Lipinski definition) is 1. The van der Waals surface area contributed by atoms with Gasteiger partial charge in [-0.15, -0.1) is 0 Å². The zero-order valence-electron chi connectivity index (χ0n) is 12.0. The number of nitrogens with zero attached hydrogens (tertiary/aromatic N) is 1. The Kier molecular flexibility index (Phi) is 5.20. The molecule has 106 valence electrons. The monoisotopic (exact) mass is 263 g/mol. The van der Waals surface area contributed by atoms with Gasteiger partial charge in [-0.05, 0) is 36.8 Å². The minimum atomic E-state index is -0.487. The lowest BCUT2D eigenvalue weighted by atomic mass is 9.77. The number of aromatic nitrogens is 1. The summed E-state index contributed by atoms with van der Waals surface area (Å²) in [6, 6.07) is 3.71. The summed E-state index contributed by atoms with van der Waals surface area (Å²) in [5, 5.41) is 10.5. The first-order valence-electron chi connectivity index (χ1n) is 7.43. The second kappa shape index (κ2) is 6.90. The highest BCUT2D eigenvalue weighted by Gasteiger charge is 2.29. The summed E-state index contributed by atoms with van der Waals surface area (Å²) in [4.78, 5) is 4.30. The van der Waals surface area contributed by atoms with Gasteiger partial charge < -0.3 is 9.84 Å². The van der Waals surface area contributed by atoms with Crippen LogP contribution in [0.5, 0.6) is 5.75 Å². The van der Waals surface area contributed by atoms with Crippen LogP contribution < -0.4 is 4.74 Å². The number of rotatable bonds is 5. The van der Waals surface area contributed by atoms with Crippen molar-refractivity contribution in [2.24, 2.45) is 11.8 Å². The van der Waals surface area contributed by atoms with E-state index in [2.05, 4.69) is 11.9 Å². The lowest BCUT2D eigenvalue weighted by molar-refractivity contribution is 0.0667. The lowest BCUT2D eigenvalue weighted by Crippen LogP contribution is -2.21. The Balaban J connectivity index is 1.99. The molecule has 19 heavy (non-hydrogen) atoms. The van der Waals surface area contributed by atoms with Gasteiger partial charge >= 0.3 is 0 Å².